The smallest absolute Gasteiger partial charge is 0.275 e. The molecule has 4 heteroatoms. The molecule has 0 saturated carbocycles. The van der Waals surface area contributed by atoms with Crippen LogP contribution in [0.25, 0.3) is 12.7 Å². The molecule has 2 aromatic rings. The predicted octanol–water partition coefficient (Wildman–Crippen LogP) is 0.606. The van der Waals surface area contributed by atoms with Crippen LogP contribution < -0.4 is 16.4 Å². The first-order chi connectivity index (χ1) is 7.58. The van der Waals surface area contributed by atoms with Gasteiger partial charge < -0.3 is 4.98 Å². The van der Waals surface area contributed by atoms with Gasteiger partial charge in [-0.2, -0.15) is 0 Å². The van der Waals surface area contributed by atoms with Crippen LogP contribution in [0.1, 0.15) is 5.56 Å². The number of H-pyrrole nitrogens is 1. The molecule has 0 fully saturated rings. The first kappa shape index (κ1) is 10.8. The predicted molar refractivity (Wildman–Crippen MR) is 65.8 cm³/mol. The standard InChI is InChI=1S/C12H11ClN2O/c1-8-14-11(12(16)15(8)2)7-9-3-5-10(13)6-4-9/h3-7,14H,1H2,2H3/b11-7-. The first-order valence-corrected chi connectivity index (χ1v) is 5.17. The number of nitrogens with zero attached hydrogens (tertiary/aromatic N) is 1. The fraction of sp³-hybridized carbons (Fsp3) is 0.0833. The summed E-state index contributed by atoms with van der Waals surface area (Å²) in [6.45, 7) is 3.72. The minimum Gasteiger partial charge on any atom is -0.338 e. The quantitative estimate of drug-likeness (QED) is 0.771. The second-order valence-corrected chi connectivity index (χ2v) is 3.98. The molecule has 1 aromatic heterocycles. The Morgan fingerprint density at radius 2 is 2.00 bits per heavy atom. The summed E-state index contributed by atoms with van der Waals surface area (Å²) in [4.78, 5) is 14.6. The van der Waals surface area contributed by atoms with Gasteiger partial charge in [-0.05, 0) is 23.8 Å². The SMILES string of the molecule is C=c1[nH]/c(=C\c2ccc(Cl)cc2)c(=O)n1C. The van der Waals surface area contributed by atoms with Crippen molar-refractivity contribution in [3.8, 4) is 0 Å². The Labute approximate surface area is 97.3 Å². The summed E-state index contributed by atoms with van der Waals surface area (Å²) in [5.41, 5.74) is 1.42. The molecule has 0 aliphatic carbocycles. The normalized spacial score (nSPS) is 12.0. The van der Waals surface area contributed by atoms with Crippen molar-refractivity contribution in [3.63, 3.8) is 0 Å². The third kappa shape index (κ3) is 1.95. The van der Waals surface area contributed by atoms with Crippen molar-refractivity contribution in [1.29, 1.82) is 0 Å². The van der Waals surface area contributed by atoms with E-state index in [4.69, 9.17) is 11.6 Å². The van der Waals surface area contributed by atoms with Crippen molar-refractivity contribution in [2.45, 2.75) is 0 Å². The molecule has 0 aliphatic heterocycles. The summed E-state index contributed by atoms with van der Waals surface area (Å²) < 4.78 is 1.47. The van der Waals surface area contributed by atoms with Gasteiger partial charge in [0, 0.05) is 12.1 Å². The van der Waals surface area contributed by atoms with Gasteiger partial charge in [0.1, 0.15) is 10.8 Å². The number of benzene rings is 1. The molecule has 0 radical (unpaired) electrons. The van der Waals surface area contributed by atoms with Crippen molar-refractivity contribution >= 4 is 24.3 Å². The zero-order valence-electron chi connectivity index (χ0n) is 8.83. The monoisotopic (exact) mass is 234 g/mol. The van der Waals surface area contributed by atoms with E-state index in [1.54, 1.807) is 25.3 Å². The van der Waals surface area contributed by atoms with Crippen LogP contribution in [0.3, 0.4) is 0 Å². The molecule has 82 valence electrons. The number of imidazole rings is 1. The van der Waals surface area contributed by atoms with Gasteiger partial charge in [0.25, 0.3) is 5.56 Å². The van der Waals surface area contributed by atoms with E-state index in [0.717, 1.165) is 5.56 Å². The minimum atomic E-state index is -0.0834. The van der Waals surface area contributed by atoms with Gasteiger partial charge in [0.05, 0.1) is 0 Å². The maximum Gasteiger partial charge on any atom is 0.275 e. The minimum absolute atomic E-state index is 0.0834. The van der Waals surface area contributed by atoms with Crippen molar-refractivity contribution in [3.05, 3.63) is 56.0 Å². The average Bonchev–Trinajstić information content (AvgIpc) is 2.50. The lowest BCUT2D eigenvalue weighted by molar-refractivity contribution is 0.840. The number of hydrogen-bond donors (Lipinski definition) is 1. The molecule has 0 atom stereocenters. The second kappa shape index (κ2) is 4.02. The van der Waals surface area contributed by atoms with E-state index in [-0.39, 0.29) is 5.56 Å². The van der Waals surface area contributed by atoms with Crippen molar-refractivity contribution in [1.82, 2.24) is 9.55 Å². The maximum absolute atomic E-state index is 11.7. The molecule has 0 bridgehead atoms. The first-order valence-electron chi connectivity index (χ1n) is 4.79. The number of halogens is 1. The van der Waals surface area contributed by atoms with Gasteiger partial charge in [-0.15, -0.1) is 0 Å². The average molecular weight is 235 g/mol. The Bertz CT molecular complexity index is 665. The summed E-state index contributed by atoms with van der Waals surface area (Å²) in [6, 6.07) is 7.27. The largest absolute Gasteiger partial charge is 0.338 e. The van der Waals surface area contributed by atoms with Crippen LogP contribution in [0.2, 0.25) is 5.02 Å². The highest BCUT2D eigenvalue weighted by atomic mass is 35.5. The van der Waals surface area contributed by atoms with Crippen LogP contribution in [0.15, 0.2) is 29.1 Å². The Balaban J connectivity index is 2.60. The van der Waals surface area contributed by atoms with E-state index in [1.807, 2.05) is 12.1 Å². The van der Waals surface area contributed by atoms with E-state index in [9.17, 15) is 4.79 Å². The fourth-order valence-corrected chi connectivity index (χ4v) is 1.55. The third-order valence-corrected chi connectivity index (χ3v) is 2.65. The van der Waals surface area contributed by atoms with Crippen LogP contribution in [-0.2, 0) is 7.05 Å². The molecular weight excluding hydrogens is 224 g/mol. The van der Waals surface area contributed by atoms with Crippen LogP contribution >= 0.6 is 11.6 Å². The van der Waals surface area contributed by atoms with Crippen molar-refractivity contribution in [2.24, 2.45) is 7.05 Å². The molecule has 1 N–H and O–H groups in total. The maximum atomic E-state index is 11.7. The summed E-state index contributed by atoms with van der Waals surface area (Å²) >= 11 is 5.78. The molecule has 3 nitrogen and oxygen atoms in total. The van der Waals surface area contributed by atoms with Gasteiger partial charge >= 0.3 is 0 Å². The Morgan fingerprint density at radius 1 is 1.38 bits per heavy atom. The van der Waals surface area contributed by atoms with Crippen LogP contribution in [0.5, 0.6) is 0 Å². The second-order valence-electron chi connectivity index (χ2n) is 3.55. The summed E-state index contributed by atoms with van der Waals surface area (Å²) in [5.74, 6) is 0. The van der Waals surface area contributed by atoms with Gasteiger partial charge in [0.2, 0.25) is 0 Å². The summed E-state index contributed by atoms with van der Waals surface area (Å²) in [5, 5.41) is 1.20. The van der Waals surface area contributed by atoms with Crippen molar-refractivity contribution in [2.75, 3.05) is 0 Å². The Morgan fingerprint density at radius 3 is 2.50 bits per heavy atom. The van der Waals surface area contributed by atoms with Crippen LogP contribution in [-0.4, -0.2) is 9.55 Å². The van der Waals surface area contributed by atoms with Gasteiger partial charge in [-0.3, -0.25) is 9.36 Å². The van der Waals surface area contributed by atoms with Crippen molar-refractivity contribution < 1.29 is 0 Å². The molecule has 0 aliphatic rings. The van der Waals surface area contributed by atoms with Gasteiger partial charge in [0.15, 0.2) is 0 Å². The van der Waals surface area contributed by atoms with Gasteiger partial charge in [-0.25, -0.2) is 0 Å². The number of aromatic amines is 1. The molecular formula is C12H11ClN2O. The number of aromatic nitrogens is 2. The fourth-order valence-electron chi connectivity index (χ4n) is 1.42. The van der Waals surface area contributed by atoms with Crippen LogP contribution in [0, 0.1) is 0 Å². The Hall–Kier alpha value is -1.74. The van der Waals surface area contributed by atoms with E-state index < -0.39 is 0 Å². The topological polar surface area (TPSA) is 37.8 Å². The van der Waals surface area contributed by atoms with Gasteiger partial charge in [-0.1, -0.05) is 30.3 Å². The highest BCUT2D eigenvalue weighted by Gasteiger charge is 1.96. The van der Waals surface area contributed by atoms with E-state index in [0.29, 0.717) is 15.9 Å². The molecule has 0 spiro atoms. The lowest BCUT2D eigenvalue weighted by Crippen LogP contribution is -2.28. The molecule has 0 unspecified atom stereocenters. The third-order valence-electron chi connectivity index (χ3n) is 2.40. The van der Waals surface area contributed by atoms with E-state index in [2.05, 4.69) is 11.6 Å². The Kier molecular flexibility index (Phi) is 2.71. The molecule has 1 heterocycles. The molecule has 0 amide bonds. The van der Waals surface area contributed by atoms with E-state index >= 15 is 0 Å². The number of hydrogen-bond acceptors (Lipinski definition) is 1. The molecule has 2 rings (SSSR count). The lowest BCUT2D eigenvalue weighted by Gasteiger charge is -1.91. The molecule has 16 heavy (non-hydrogen) atoms. The van der Waals surface area contributed by atoms with E-state index in [1.165, 1.54) is 4.57 Å². The zero-order chi connectivity index (χ0) is 11.7. The molecule has 1 aromatic carbocycles. The highest BCUT2D eigenvalue weighted by molar-refractivity contribution is 6.30. The highest BCUT2D eigenvalue weighted by Crippen LogP contribution is 2.09. The summed E-state index contributed by atoms with van der Waals surface area (Å²) in [7, 11) is 1.68. The summed E-state index contributed by atoms with van der Waals surface area (Å²) in [6.07, 6.45) is 1.77. The van der Waals surface area contributed by atoms with Crippen LogP contribution in [0.4, 0.5) is 0 Å². The lowest BCUT2D eigenvalue weighted by atomic mass is 10.2. The molecule has 0 saturated heterocycles. The number of nitrogens with one attached hydrogen (secondary N) is 1. The number of rotatable bonds is 1. The zero-order valence-corrected chi connectivity index (χ0v) is 9.58.